The fourth-order valence-corrected chi connectivity index (χ4v) is 3.86. The van der Waals surface area contributed by atoms with Crippen molar-refractivity contribution >= 4 is 17.2 Å². The Balaban J connectivity index is 1.69. The number of aromatic nitrogens is 1. The van der Waals surface area contributed by atoms with Gasteiger partial charge in [0.2, 0.25) is 0 Å². The monoisotopic (exact) mass is 315 g/mol. The highest BCUT2D eigenvalue weighted by Gasteiger charge is 2.21. The zero-order valence-corrected chi connectivity index (χ0v) is 13.8. The molecule has 1 aliphatic rings. The molecule has 0 aliphatic carbocycles. The molecule has 1 fully saturated rings. The van der Waals surface area contributed by atoms with Gasteiger partial charge in [0.25, 0.3) is 5.91 Å². The fraction of sp³-hybridized carbons (Fsp3) is 0.412. The number of pyridine rings is 1. The number of amides is 1. The van der Waals surface area contributed by atoms with E-state index in [2.05, 4.69) is 16.4 Å². The minimum Gasteiger partial charge on any atom is -0.335 e. The maximum Gasteiger partial charge on any atom is 0.264 e. The fourth-order valence-electron chi connectivity index (χ4n) is 2.75. The van der Waals surface area contributed by atoms with Gasteiger partial charge in [-0.05, 0) is 50.1 Å². The normalized spacial score (nSPS) is 17.6. The molecular formula is C17H21N3OS. The van der Waals surface area contributed by atoms with Gasteiger partial charge in [0.1, 0.15) is 0 Å². The molecule has 1 unspecified atom stereocenters. The zero-order chi connectivity index (χ0) is 15.5. The van der Waals surface area contributed by atoms with Gasteiger partial charge in [0, 0.05) is 24.2 Å². The number of hydrogen-bond donors (Lipinski definition) is 1. The van der Waals surface area contributed by atoms with E-state index in [1.807, 2.05) is 32.2 Å². The second-order valence-corrected chi connectivity index (χ2v) is 6.89. The van der Waals surface area contributed by atoms with Gasteiger partial charge in [-0.1, -0.05) is 6.07 Å². The lowest BCUT2D eigenvalue weighted by Gasteiger charge is -2.17. The van der Waals surface area contributed by atoms with Crippen molar-refractivity contribution in [3.05, 3.63) is 51.5 Å². The van der Waals surface area contributed by atoms with Crippen LogP contribution in [0.4, 0.5) is 0 Å². The van der Waals surface area contributed by atoms with Crippen molar-refractivity contribution in [2.75, 3.05) is 13.6 Å². The van der Waals surface area contributed by atoms with Gasteiger partial charge in [-0.3, -0.25) is 9.78 Å². The van der Waals surface area contributed by atoms with Crippen LogP contribution in [0.5, 0.6) is 0 Å². The van der Waals surface area contributed by atoms with Gasteiger partial charge < -0.3 is 10.2 Å². The molecule has 3 heterocycles. The first-order valence-corrected chi connectivity index (χ1v) is 8.46. The van der Waals surface area contributed by atoms with Crippen LogP contribution in [0.3, 0.4) is 0 Å². The number of aryl methyl sites for hydroxylation is 1. The lowest BCUT2D eigenvalue weighted by molar-refractivity contribution is 0.0788. The van der Waals surface area contributed by atoms with Crippen molar-refractivity contribution in [2.24, 2.45) is 0 Å². The van der Waals surface area contributed by atoms with Crippen molar-refractivity contribution < 1.29 is 4.79 Å². The van der Waals surface area contributed by atoms with Crippen LogP contribution in [-0.2, 0) is 6.54 Å². The van der Waals surface area contributed by atoms with Crippen LogP contribution >= 0.6 is 11.3 Å². The summed E-state index contributed by atoms with van der Waals surface area (Å²) < 4.78 is 0. The Morgan fingerprint density at radius 1 is 1.45 bits per heavy atom. The lowest BCUT2D eigenvalue weighted by atomic mass is 10.2. The van der Waals surface area contributed by atoms with E-state index < -0.39 is 0 Å². The van der Waals surface area contributed by atoms with Crippen molar-refractivity contribution in [3.8, 4) is 0 Å². The van der Waals surface area contributed by atoms with Crippen LogP contribution in [0.2, 0.25) is 0 Å². The summed E-state index contributed by atoms with van der Waals surface area (Å²) >= 11 is 1.61. The van der Waals surface area contributed by atoms with Crippen LogP contribution in [0.25, 0.3) is 0 Å². The number of rotatable bonds is 4. The quantitative estimate of drug-likeness (QED) is 0.943. The summed E-state index contributed by atoms with van der Waals surface area (Å²) in [4.78, 5) is 20.8. The highest BCUT2D eigenvalue weighted by Crippen LogP contribution is 2.29. The third-order valence-corrected chi connectivity index (χ3v) is 5.28. The highest BCUT2D eigenvalue weighted by molar-refractivity contribution is 7.14. The summed E-state index contributed by atoms with van der Waals surface area (Å²) in [6.45, 7) is 3.64. The first kappa shape index (κ1) is 15.2. The van der Waals surface area contributed by atoms with Crippen LogP contribution in [0.1, 0.15) is 44.7 Å². The minimum absolute atomic E-state index is 0.0688. The summed E-state index contributed by atoms with van der Waals surface area (Å²) in [5.74, 6) is 0.0688. The smallest absolute Gasteiger partial charge is 0.264 e. The van der Waals surface area contributed by atoms with Gasteiger partial charge in [-0.2, -0.15) is 0 Å². The molecule has 0 spiro atoms. The van der Waals surface area contributed by atoms with E-state index in [0.717, 1.165) is 29.1 Å². The topological polar surface area (TPSA) is 45.2 Å². The van der Waals surface area contributed by atoms with E-state index in [1.165, 1.54) is 11.3 Å². The van der Waals surface area contributed by atoms with E-state index in [-0.39, 0.29) is 5.91 Å². The molecule has 1 atom stereocenters. The number of thiophene rings is 1. The van der Waals surface area contributed by atoms with Gasteiger partial charge >= 0.3 is 0 Å². The maximum absolute atomic E-state index is 12.6. The Kier molecular flexibility index (Phi) is 4.55. The highest BCUT2D eigenvalue weighted by atomic mass is 32.1. The van der Waals surface area contributed by atoms with Gasteiger partial charge in [0.15, 0.2) is 0 Å². The first-order chi connectivity index (χ1) is 10.6. The third-order valence-electron chi connectivity index (χ3n) is 4.09. The molecule has 2 aromatic heterocycles. The summed E-state index contributed by atoms with van der Waals surface area (Å²) in [6, 6.07) is 8.40. The second-order valence-electron chi connectivity index (χ2n) is 5.78. The number of hydrogen-bond acceptors (Lipinski definition) is 4. The van der Waals surface area contributed by atoms with Crippen LogP contribution in [0.15, 0.2) is 30.5 Å². The lowest BCUT2D eigenvalue weighted by Crippen LogP contribution is -2.26. The molecule has 0 aromatic carbocycles. The van der Waals surface area contributed by atoms with Crippen LogP contribution in [-0.4, -0.2) is 29.4 Å². The minimum atomic E-state index is 0.0688. The molecule has 2 aromatic rings. The standard InChI is InChI=1S/C17H21N3OS/c1-12-5-3-9-19-14(12)11-20(2)17(21)16-8-7-15(22-16)13-6-4-10-18-13/h3,5,7-9,13,18H,4,6,10-11H2,1-2H3. The molecule has 3 rings (SSSR count). The molecule has 1 aliphatic heterocycles. The maximum atomic E-state index is 12.6. The van der Waals surface area contributed by atoms with Crippen molar-refractivity contribution in [1.82, 2.24) is 15.2 Å². The van der Waals surface area contributed by atoms with Gasteiger partial charge in [0.05, 0.1) is 17.1 Å². The second kappa shape index (κ2) is 6.58. The van der Waals surface area contributed by atoms with Crippen molar-refractivity contribution in [3.63, 3.8) is 0 Å². The Labute approximate surface area is 135 Å². The summed E-state index contributed by atoms with van der Waals surface area (Å²) in [7, 11) is 1.84. The summed E-state index contributed by atoms with van der Waals surface area (Å²) in [6.07, 6.45) is 4.15. The largest absolute Gasteiger partial charge is 0.335 e. The summed E-state index contributed by atoms with van der Waals surface area (Å²) in [5.41, 5.74) is 2.07. The van der Waals surface area contributed by atoms with Gasteiger partial charge in [-0.25, -0.2) is 0 Å². The molecule has 4 nitrogen and oxygen atoms in total. The average Bonchev–Trinajstić information content (AvgIpc) is 3.19. The Hall–Kier alpha value is -1.72. The molecule has 116 valence electrons. The average molecular weight is 315 g/mol. The molecule has 0 radical (unpaired) electrons. The zero-order valence-electron chi connectivity index (χ0n) is 13.0. The van der Waals surface area contributed by atoms with Crippen molar-refractivity contribution in [1.29, 1.82) is 0 Å². The van der Waals surface area contributed by atoms with Crippen LogP contribution in [0, 0.1) is 6.92 Å². The van der Waals surface area contributed by atoms with E-state index in [9.17, 15) is 4.79 Å². The van der Waals surface area contributed by atoms with Gasteiger partial charge in [-0.15, -0.1) is 11.3 Å². The Bertz CT molecular complexity index is 661. The Morgan fingerprint density at radius 2 is 2.32 bits per heavy atom. The first-order valence-electron chi connectivity index (χ1n) is 7.64. The number of nitrogens with zero attached hydrogens (tertiary/aromatic N) is 2. The molecule has 1 saturated heterocycles. The Morgan fingerprint density at radius 3 is 3.05 bits per heavy atom. The predicted octanol–water partition coefficient (Wildman–Crippen LogP) is 3.15. The number of carbonyl (C=O) groups excluding carboxylic acids is 1. The van der Waals surface area contributed by atoms with Crippen LogP contribution < -0.4 is 5.32 Å². The number of carbonyl (C=O) groups is 1. The third kappa shape index (κ3) is 3.20. The van der Waals surface area contributed by atoms with E-state index in [0.29, 0.717) is 12.6 Å². The molecular weight excluding hydrogens is 294 g/mol. The molecule has 0 bridgehead atoms. The van der Waals surface area contributed by atoms with Crippen molar-refractivity contribution in [2.45, 2.75) is 32.4 Å². The van der Waals surface area contributed by atoms with E-state index in [1.54, 1.807) is 22.4 Å². The predicted molar refractivity (Wildman–Crippen MR) is 89.1 cm³/mol. The molecule has 1 amide bonds. The SMILES string of the molecule is Cc1cccnc1CN(C)C(=O)c1ccc(C2CCCN2)s1. The molecule has 1 N–H and O–H groups in total. The molecule has 5 heteroatoms. The number of nitrogens with one attached hydrogen (secondary N) is 1. The van der Waals surface area contributed by atoms with E-state index >= 15 is 0 Å². The van der Waals surface area contributed by atoms with E-state index in [4.69, 9.17) is 0 Å². The molecule has 22 heavy (non-hydrogen) atoms. The molecule has 0 saturated carbocycles. The summed E-state index contributed by atoms with van der Waals surface area (Å²) in [5, 5.41) is 3.48.